The summed E-state index contributed by atoms with van der Waals surface area (Å²) in [6.07, 6.45) is 2.20. The molecule has 0 aliphatic carbocycles. The molecule has 14 heavy (non-hydrogen) atoms. The molecule has 1 heterocycles. The standard InChI is InChI=1S/C10H11FIN.ClH/c11-9-4-3-7(12)6-8(9)10-2-1-5-13-10;/h3-4,6,10,13H,1-2,5H2;1H/t10-;/m0./s1. The van der Waals surface area contributed by atoms with Crippen LogP contribution >= 0.6 is 35.0 Å². The number of hydrogen-bond acceptors (Lipinski definition) is 1. The summed E-state index contributed by atoms with van der Waals surface area (Å²) in [7, 11) is 0. The SMILES string of the molecule is Cl.Fc1ccc(I)cc1[C@@H]1CCCN1. The van der Waals surface area contributed by atoms with Crippen LogP contribution in [0.1, 0.15) is 24.4 Å². The van der Waals surface area contributed by atoms with Crippen molar-refractivity contribution < 1.29 is 4.39 Å². The Morgan fingerprint density at radius 2 is 2.21 bits per heavy atom. The van der Waals surface area contributed by atoms with E-state index in [4.69, 9.17) is 0 Å². The van der Waals surface area contributed by atoms with Crippen LogP contribution in [0.25, 0.3) is 0 Å². The Balaban J connectivity index is 0.000000980. The highest BCUT2D eigenvalue weighted by molar-refractivity contribution is 14.1. The van der Waals surface area contributed by atoms with Crippen LogP contribution in [0, 0.1) is 9.39 Å². The lowest BCUT2D eigenvalue weighted by Gasteiger charge is -2.11. The fourth-order valence-corrected chi connectivity index (χ4v) is 2.25. The molecule has 0 radical (unpaired) electrons. The predicted molar refractivity (Wildman–Crippen MR) is 66.3 cm³/mol. The zero-order chi connectivity index (χ0) is 9.26. The first-order valence-corrected chi connectivity index (χ1v) is 5.53. The molecule has 1 nitrogen and oxygen atoms in total. The van der Waals surface area contributed by atoms with Crippen molar-refractivity contribution in [2.75, 3.05) is 6.54 Å². The molecule has 78 valence electrons. The molecule has 4 heteroatoms. The molecular weight excluding hydrogens is 315 g/mol. The smallest absolute Gasteiger partial charge is 0.128 e. The summed E-state index contributed by atoms with van der Waals surface area (Å²) < 4.78 is 14.5. The van der Waals surface area contributed by atoms with Crippen molar-refractivity contribution in [3.63, 3.8) is 0 Å². The van der Waals surface area contributed by atoms with Crippen LogP contribution in [-0.4, -0.2) is 6.54 Å². The molecule has 1 aliphatic heterocycles. The van der Waals surface area contributed by atoms with E-state index in [1.807, 2.05) is 6.07 Å². The molecule has 0 spiro atoms. The van der Waals surface area contributed by atoms with Crippen molar-refractivity contribution in [3.05, 3.63) is 33.1 Å². The Morgan fingerprint density at radius 3 is 2.86 bits per heavy atom. The maximum atomic E-state index is 13.4. The van der Waals surface area contributed by atoms with Crippen LogP contribution in [-0.2, 0) is 0 Å². The van der Waals surface area contributed by atoms with Gasteiger partial charge in [0.1, 0.15) is 5.82 Å². The van der Waals surface area contributed by atoms with Gasteiger partial charge in [0.15, 0.2) is 0 Å². The Hall–Kier alpha value is 0.130. The average Bonchev–Trinajstić information content (AvgIpc) is 2.61. The summed E-state index contributed by atoms with van der Waals surface area (Å²) in [5.41, 5.74) is 0.824. The van der Waals surface area contributed by atoms with Crippen LogP contribution in [0.15, 0.2) is 18.2 Å². The molecule has 1 N–H and O–H groups in total. The van der Waals surface area contributed by atoms with Crippen molar-refractivity contribution in [2.45, 2.75) is 18.9 Å². The zero-order valence-corrected chi connectivity index (χ0v) is 10.6. The molecule has 0 bridgehead atoms. The number of benzene rings is 1. The Kier molecular flexibility index (Phi) is 4.60. The first-order chi connectivity index (χ1) is 6.27. The fourth-order valence-electron chi connectivity index (χ4n) is 1.73. The maximum Gasteiger partial charge on any atom is 0.128 e. The minimum absolute atomic E-state index is 0. The first kappa shape index (κ1) is 12.2. The highest BCUT2D eigenvalue weighted by Gasteiger charge is 2.19. The molecule has 1 saturated heterocycles. The lowest BCUT2D eigenvalue weighted by atomic mass is 10.1. The van der Waals surface area contributed by atoms with Gasteiger partial charge in [0, 0.05) is 15.2 Å². The summed E-state index contributed by atoms with van der Waals surface area (Å²) in [5.74, 6) is -0.0835. The summed E-state index contributed by atoms with van der Waals surface area (Å²) in [6, 6.07) is 5.51. The third-order valence-corrected chi connectivity index (χ3v) is 3.06. The summed E-state index contributed by atoms with van der Waals surface area (Å²) in [4.78, 5) is 0. The molecule has 1 aromatic rings. The van der Waals surface area contributed by atoms with Gasteiger partial charge in [-0.2, -0.15) is 0 Å². The average molecular weight is 328 g/mol. The molecule has 0 aromatic heterocycles. The third-order valence-electron chi connectivity index (χ3n) is 2.39. The van der Waals surface area contributed by atoms with E-state index in [9.17, 15) is 4.39 Å². The second-order valence-electron chi connectivity index (χ2n) is 3.31. The van der Waals surface area contributed by atoms with Gasteiger partial charge >= 0.3 is 0 Å². The lowest BCUT2D eigenvalue weighted by Crippen LogP contribution is -2.14. The minimum atomic E-state index is -0.0835. The monoisotopic (exact) mass is 327 g/mol. The number of nitrogens with one attached hydrogen (secondary N) is 1. The Labute approximate surface area is 103 Å². The van der Waals surface area contributed by atoms with Gasteiger partial charge in [0.2, 0.25) is 0 Å². The molecule has 0 amide bonds. The zero-order valence-electron chi connectivity index (χ0n) is 7.59. The van der Waals surface area contributed by atoms with E-state index in [0.717, 1.165) is 28.5 Å². The van der Waals surface area contributed by atoms with E-state index in [0.29, 0.717) is 0 Å². The second kappa shape index (κ2) is 5.28. The quantitative estimate of drug-likeness (QED) is 0.781. The van der Waals surface area contributed by atoms with E-state index in [1.165, 1.54) is 0 Å². The molecule has 0 saturated carbocycles. The largest absolute Gasteiger partial charge is 0.310 e. The van der Waals surface area contributed by atoms with Gasteiger partial charge in [-0.15, -0.1) is 12.4 Å². The topological polar surface area (TPSA) is 12.0 Å². The Bertz CT molecular complexity index is 313. The maximum absolute atomic E-state index is 13.4. The molecule has 1 aromatic carbocycles. The minimum Gasteiger partial charge on any atom is -0.310 e. The number of halogens is 3. The number of hydrogen-bond donors (Lipinski definition) is 1. The number of rotatable bonds is 1. The van der Waals surface area contributed by atoms with E-state index in [1.54, 1.807) is 12.1 Å². The van der Waals surface area contributed by atoms with Crippen molar-refractivity contribution in [3.8, 4) is 0 Å². The van der Waals surface area contributed by atoms with Crippen LogP contribution < -0.4 is 5.32 Å². The second-order valence-corrected chi connectivity index (χ2v) is 4.56. The van der Waals surface area contributed by atoms with Crippen LogP contribution in [0.4, 0.5) is 4.39 Å². The first-order valence-electron chi connectivity index (χ1n) is 4.46. The van der Waals surface area contributed by atoms with E-state index < -0.39 is 0 Å². The highest BCUT2D eigenvalue weighted by atomic mass is 127. The van der Waals surface area contributed by atoms with Crippen molar-refractivity contribution in [1.82, 2.24) is 5.32 Å². The molecule has 1 atom stereocenters. The van der Waals surface area contributed by atoms with Gasteiger partial charge in [-0.3, -0.25) is 0 Å². The van der Waals surface area contributed by atoms with Gasteiger partial charge in [0.25, 0.3) is 0 Å². The third kappa shape index (κ3) is 2.58. The van der Waals surface area contributed by atoms with Gasteiger partial charge in [0.05, 0.1) is 0 Å². The molecule has 1 aliphatic rings. The van der Waals surface area contributed by atoms with Gasteiger partial charge in [-0.05, 0) is 60.2 Å². The van der Waals surface area contributed by atoms with Crippen LogP contribution in [0.2, 0.25) is 0 Å². The van der Waals surface area contributed by atoms with E-state index >= 15 is 0 Å². The van der Waals surface area contributed by atoms with Crippen LogP contribution in [0.3, 0.4) is 0 Å². The van der Waals surface area contributed by atoms with Gasteiger partial charge in [-0.25, -0.2) is 4.39 Å². The summed E-state index contributed by atoms with van der Waals surface area (Å²) >= 11 is 2.21. The Morgan fingerprint density at radius 1 is 1.43 bits per heavy atom. The summed E-state index contributed by atoms with van der Waals surface area (Å²) in [6.45, 7) is 1.01. The normalized spacial score (nSPS) is 20.6. The molecule has 0 unspecified atom stereocenters. The van der Waals surface area contributed by atoms with E-state index in [-0.39, 0.29) is 24.3 Å². The molecule has 2 rings (SSSR count). The van der Waals surface area contributed by atoms with Crippen molar-refractivity contribution >= 4 is 35.0 Å². The van der Waals surface area contributed by atoms with Gasteiger partial charge in [-0.1, -0.05) is 0 Å². The highest BCUT2D eigenvalue weighted by Crippen LogP contribution is 2.26. The lowest BCUT2D eigenvalue weighted by molar-refractivity contribution is 0.558. The van der Waals surface area contributed by atoms with Gasteiger partial charge < -0.3 is 5.32 Å². The molecular formula is C10H12ClFIN. The predicted octanol–water partition coefficient (Wildman–Crippen LogP) is 3.28. The summed E-state index contributed by atoms with van der Waals surface area (Å²) in [5, 5.41) is 3.30. The van der Waals surface area contributed by atoms with Crippen molar-refractivity contribution in [2.24, 2.45) is 0 Å². The molecule has 1 fully saturated rings. The van der Waals surface area contributed by atoms with E-state index in [2.05, 4.69) is 27.9 Å². The fraction of sp³-hybridized carbons (Fsp3) is 0.400. The van der Waals surface area contributed by atoms with Crippen LogP contribution in [0.5, 0.6) is 0 Å². The van der Waals surface area contributed by atoms with Crippen molar-refractivity contribution in [1.29, 1.82) is 0 Å².